The van der Waals surface area contributed by atoms with Crippen LogP contribution in [-0.2, 0) is 0 Å². The van der Waals surface area contributed by atoms with Gasteiger partial charge in [0.05, 0.1) is 0 Å². The highest BCUT2D eigenvalue weighted by molar-refractivity contribution is 5.49. The van der Waals surface area contributed by atoms with Crippen LogP contribution in [0, 0.1) is 5.82 Å². The molecule has 0 aromatic heterocycles. The smallest absolute Gasteiger partial charge is 0.165 e. The minimum Gasteiger partial charge on any atom is -0.454 e. The van der Waals surface area contributed by atoms with Gasteiger partial charge in [0.1, 0.15) is 5.75 Å². The average molecular weight is 259 g/mol. The Kier molecular flexibility index (Phi) is 4.39. The Morgan fingerprint density at radius 1 is 0.947 bits per heavy atom. The minimum absolute atomic E-state index is 0.248. The molecule has 19 heavy (non-hydrogen) atoms. The van der Waals surface area contributed by atoms with E-state index < -0.39 is 0 Å². The van der Waals surface area contributed by atoms with E-state index in [1.807, 2.05) is 24.3 Å². The molecular formula is C16H18FNO. The number of nitrogens with zero attached hydrogens (tertiary/aromatic N) is 1. The summed E-state index contributed by atoms with van der Waals surface area (Å²) in [4.78, 5) is 2.24. The summed E-state index contributed by atoms with van der Waals surface area (Å²) >= 11 is 0. The van der Waals surface area contributed by atoms with Crippen LogP contribution < -0.4 is 9.64 Å². The maximum atomic E-state index is 13.5. The normalized spacial score (nSPS) is 10.3. The van der Waals surface area contributed by atoms with Gasteiger partial charge in [0, 0.05) is 18.8 Å². The molecule has 2 nitrogen and oxygen atoms in total. The molecule has 0 radical (unpaired) electrons. The lowest BCUT2D eigenvalue weighted by Gasteiger charge is -2.21. The molecule has 2 aromatic rings. The van der Waals surface area contributed by atoms with Crippen LogP contribution in [0.15, 0.2) is 48.5 Å². The first-order valence-electron chi connectivity index (χ1n) is 6.52. The number of hydrogen-bond acceptors (Lipinski definition) is 2. The fraction of sp³-hybridized carbons (Fsp3) is 0.250. The number of benzene rings is 2. The molecule has 0 saturated heterocycles. The lowest BCUT2D eigenvalue weighted by molar-refractivity contribution is 0.442. The topological polar surface area (TPSA) is 12.5 Å². The van der Waals surface area contributed by atoms with E-state index in [1.165, 1.54) is 6.07 Å². The molecular weight excluding hydrogens is 241 g/mol. The standard InChI is InChI=1S/C16H18FNO/c1-3-18(4-2)13-9-11-14(12-10-13)19-16-8-6-5-7-15(16)17/h5-12H,3-4H2,1-2H3. The highest BCUT2D eigenvalue weighted by Crippen LogP contribution is 2.26. The average Bonchev–Trinajstić information content (AvgIpc) is 2.44. The van der Waals surface area contributed by atoms with Crippen LogP contribution in [0.2, 0.25) is 0 Å². The zero-order chi connectivity index (χ0) is 13.7. The molecule has 0 aliphatic heterocycles. The third-order valence-corrected chi connectivity index (χ3v) is 3.03. The van der Waals surface area contributed by atoms with E-state index in [0.29, 0.717) is 5.75 Å². The van der Waals surface area contributed by atoms with Crippen molar-refractivity contribution in [2.24, 2.45) is 0 Å². The molecule has 100 valence electrons. The van der Waals surface area contributed by atoms with Gasteiger partial charge in [0.25, 0.3) is 0 Å². The van der Waals surface area contributed by atoms with Crippen molar-refractivity contribution in [1.82, 2.24) is 0 Å². The highest BCUT2D eigenvalue weighted by atomic mass is 19.1. The summed E-state index contributed by atoms with van der Waals surface area (Å²) in [6.45, 7) is 6.16. The Bertz CT molecular complexity index is 521. The quantitative estimate of drug-likeness (QED) is 0.785. The maximum absolute atomic E-state index is 13.5. The zero-order valence-corrected chi connectivity index (χ0v) is 11.3. The van der Waals surface area contributed by atoms with Crippen molar-refractivity contribution in [3.63, 3.8) is 0 Å². The molecule has 3 heteroatoms. The van der Waals surface area contributed by atoms with E-state index in [-0.39, 0.29) is 11.6 Å². The van der Waals surface area contributed by atoms with Crippen molar-refractivity contribution < 1.29 is 9.13 Å². The van der Waals surface area contributed by atoms with Crippen LogP contribution in [0.25, 0.3) is 0 Å². The van der Waals surface area contributed by atoms with Gasteiger partial charge in [-0.2, -0.15) is 0 Å². The molecule has 0 fully saturated rings. The second kappa shape index (κ2) is 6.23. The third kappa shape index (κ3) is 3.25. The Hall–Kier alpha value is -2.03. The summed E-state index contributed by atoms with van der Waals surface area (Å²) in [7, 11) is 0. The van der Waals surface area contributed by atoms with Crippen molar-refractivity contribution in [2.45, 2.75) is 13.8 Å². The Balaban J connectivity index is 2.13. The summed E-state index contributed by atoms with van der Waals surface area (Å²) < 4.78 is 19.0. The first-order chi connectivity index (χ1) is 9.24. The molecule has 0 amide bonds. The predicted octanol–water partition coefficient (Wildman–Crippen LogP) is 4.46. The molecule has 0 saturated carbocycles. The fourth-order valence-corrected chi connectivity index (χ4v) is 1.97. The van der Waals surface area contributed by atoms with Gasteiger partial charge in [-0.25, -0.2) is 4.39 Å². The second-order valence-corrected chi connectivity index (χ2v) is 4.20. The predicted molar refractivity (Wildman–Crippen MR) is 76.5 cm³/mol. The van der Waals surface area contributed by atoms with Crippen LogP contribution >= 0.6 is 0 Å². The van der Waals surface area contributed by atoms with E-state index in [0.717, 1.165) is 18.8 Å². The lowest BCUT2D eigenvalue weighted by atomic mass is 10.2. The van der Waals surface area contributed by atoms with Crippen molar-refractivity contribution >= 4 is 5.69 Å². The maximum Gasteiger partial charge on any atom is 0.165 e. The summed E-state index contributed by atoms with van der Waals surface area (Å²) in [5.74, 6) is 0.536. The van der Waals surface area contributed by atoms with Crippen molar-refractivity contribution in [2.75, 3.05) is 18.0 Å². The lowest BCUT2D eigenvalue weighted by Crippen LogP contribution is -2.21. The van der Waals surface area contributed by atoms with E-state index in [9.17, 15) is 4.39 Å². The minimum atomic E-state index is -0.352. The summed E-state index contributed by atoms with van der Waals surface area (Å²) in [5, 5.41) is 0. The van der Waals surface area contributed by atoms with Gasteiger partial charge in [-0.3, -0.25) is 0 Å². The number of halogens is 1. The van der Waals surface area contributed by atoms with Gasteiger partial charge in [0.15, 0.2) is 11.6 Å². The molecule has 0 atom stereocenters. The second-order valence-electron chi connectivity index (χ2n) is 4.20. The van der Waals surface area contributed by atoms with Gasteiger partial charge in [-0.15, -0.1) is 0 Å². The number of ether oxygens (including phenoxy) is 1. The van der Waals surface area contributed by atoms with Crippen molar-refractivity contribution in [3.8, 4) is 11.5 Å². The van der Waals surface area contributed by atoms with Gasteiger partial charge < -0.3 is 9.64 Å². The van der Waals surface area contributed by atoms with E-state index in [2.05, 4.69) is 18.7 Å². The van der Waals surface area contributed by atoms with Gasteiger partial charge in [-0.05, 0) is 50.2 Å². The monoisotopic (exact) mass is 259 g/mol. The van der Waals surface area contributed by atoms with E-state index in [1.54, 1.807) is 18.2 Å². The molecule has 2 aromatic carbocycles. The van der Waals surface area contributed by atoms with Crippen LogP contribution in [0.5, 0.6) is 11.5 Å². The van der Waals surface area contributed by atoms with Gasteiger partial charge in [-0.1, -0.05) is 12.1 Å². The molecule has 0 N–H and O–H groups in total. The molecule has 0 heterocycles. The molecule has 0 aliphatic carbocycles. The van der Waals surface area contributed by atoms with Crippen LogP contribution in [-0.4, -0.2) is 13.1 Å². The zero-order valence-electron chi connectivity index (χ0n) is 11.3. The van der Waals surface area contributed by atoms with Crippen LogP contribution in [0.3, 0.4) is 0 Å². The van der Waals surface area contributed by atoms with Crippen LogP contribution in [0.1, 0.15) is 13.8 Å². The number of para-hydroxylation sites is 1. The summed E-state index contributed by atoms with van der Waals surface area (Å²) in [6, 6.07) is 14.1. The highest BCUT2D eigenvalue weighted by Gasteiger charge is 2.05. The van der Waals surface area contributed by atoms with Crippen LogP contribution in [0.4, 0.5) is 10.1 Å². The van der Waals surface area contributed by atoms with Gasteiger partial charge in [0.2, 0.25) is 0 Å². The third-order valence-electron chi connectivity index (χ3n) is 3.03. The molecule has 0 aliphatic rings. The first kappa shape index (κ1) is 13.4. The Labute approximate surface area is 113 Å². The van der Waals surface area contributed by atoms with E-state index in [4.69, 9.17) is 4.74 Å². The summed E-state index contributed by atoms with van der Waals surface area (Å²) in [5.41, 5.74) is 1.14. The SMILES string of the molecule is CCN(CC)c1ccc(Oc2ccccc2F)cc1. The van der Waals surface area contributed by atoms with Gasteiger partial charge >= 0.3 is 0 Å². The fourth-order valence-electron chi connectivity index (χ4n) is 1.97. The van der Waals surface area contributed by atoms with Crippen molar-refractivity contribution in [3.05, 3.63) is 54.3 Å². The van der Waals surface area contributed by atoms with Crippen molar-refractivity contribution in [1.29, 1.82) is 0 Å². The Morgan fingerprint density at radius 2 is 1.58 bits per heavy atom. The van der Waals surface area contributed by atoms with E-state index >= 15 is 0 Å². The molecule has 0 unspecified atom stereocenters. The summed E-state index contributed by atoms with van der Waals surface area (Å²) in [6.07, 6.45) is 0. The Morgan fingerprint density at radius 3 is 2.16 bits per heavy atom. The largest absolute Gasteiger partial charge is 0.454 e. The molecule has 2 rings (SSSR count). The molecule has 0 bridgehead atoms. The molecule has 0 spiro atoms. The number of hydrogen-bond donors (Lipinski definition) is 0. The number of rotatable bonds is 5. The first-order valence-corrected chi connectivity index (χ1v) is 6.52. The number of anilines is 1.